The molecule has 0 saturated carbocycles. The van der Waals surface area contributed by atoms with Gasteiger partial charge in [-0.3, -0.25) is 4.68 Å². The molecule has 0 aliphatic heterocycles. The molecule has 0 fully saturated rings. The Hall–Kier alpha value is -1.68. The molecule has 3 rings (SSSR count). The highest BCUT2D eigenvalue weighted by Gasteiger charge is 2.26. The van der Waals surface area contributed by atoms with Crippen molar-refractivity contribution in [2.24, 2.45) is 13.0 Å². The number of hydrogen-bond acceptors (Lipinski definition) is 3. The van der Waals surface area contributed by atoms with Crippen molar-refractivity contribution < 1.29 is 5.11 Å². The average Bonchev–Trinajstić information content (AvgIpc) is 2.75. The molecule has 2 unspecified atom stereocenters. The number of aliphatic hydroxyl groups is 1. The van der Waals surface area contributed by atoms with Crippen molar-refractivity contribution in [3.8, 4) is 0 Å². The van der Waals surface area contributed by atoms with E-state index in [9.17, 15) is 5.11 Å². The van der Waals surface area contributed by atoms with Gasteiger partial charge in [-0.25, -0.2) is 0 Å². The highest BCUT2D eigenvalue weighted by atomic mass is 16.3. The lowest BCUT2D eigenvalue weighted by Crippen LogP contribution is -2.15. The number of benzene rings is 1. The Kier molecular flexibility index (Phi) is 3.34. The van der Waals surface area contributed by atoms with Crippen LogP contribution in [0.2, 0.25) is 0 Å². The molecule has 4 nitrogen and oxygen atoms in total. The molecule has 0 amide bonds. The number of hydrogen-bond donors (Lipinski definition) is 1. The quantitative estimate of drug-likeness (QED) is 0.838. The van der Waals surface area contributed by atoms with Crippen LogP contribution in [0.5, 0.6) is 0 Å². The third-order valence-electron chi connectivity index (χ3n) is 3.96. The predicted octanol–water partition coefficient (Wildman–Crippen LogP) is 2.04. The van der Waals surface area contributed by atoms with Gasteiger partial charge in [-0.1, -0.05) is 29.5 Å². The lowest BCUT2D eigenvalue weighted by Gasteiger charge is -2.20. The Bertz CT molecular complexity index is 564. The normalized spacial score (nSPS) is 22.8. The molecule has 1 aliphatic rings. The van der Waals surface area contributed by atoms with E-state index in [1.807, 2.05) is 19.3 Å². The monoisotopic (exact) mass is 257 g/mol. The maximum absolute atomic E-state index is 10.6. The van der Waals surface area contributed by atoms with Crippen molar-refractivity contribution in [2.75, 3.05) is 0 Å². The van der Waals surface area contributed by atoms with E-state index >= 15 is 0 Å². The number of rotatable bonds is 2. The van der Waals surface area contributed by atoms with Crippen LogP contribution >= 0.6 is 0 Å². The van der Waals surface area contributed by atoms with Crippen LogP contribution in [0.15, 0.2) is 30.5 Å². The van der Waals surface area contributed by atoms with Gasteiger partial charge in [0.1, 0.15) is 0 Å². The fourth-order valence-electron chi connectivity index (χ4n) is 2.99. The van der Waals surface area contributed by atoms with Gasteiger partial charge in [-0.05, 0) is 42.7 Å². The lowest BCUT2D eigenvalue weighted by atomic mass is 9.90. The maximum Gasteiger partial charge on any atom is 0.0830 e. The molecule has 1 aromatic heterocycles. The minimum Gasteiger partial charge on any atom is -0.388 e. The van der Waals surface area contributed by atoms with E-state index in [4.69, 9.17) is 0 Å². The zero-order valence-corrected chi connectivity index (χ0v) is 11.2. The number of aliphatic hydroxyl groups excluding tert-OH is 1. The second kappa shape index (κ2) is 5.13. The van der Waals surface area contributed by atoms with Crippen molar-refractivity contribution in [3.05, 3.63) is 47.3 Å². The predicted molar refractivity (Wildman–Crippen MR) is 72.5 cm³/mol. The van der Waals surface area contributed by atoms with Crippen molar-refractivity contribution in [1.29, 1.82) is 0 Å². The van der Waals surface area contributed by atoms with E-state index in [1.165, 1.54) is 5.56 Å². The summed E-state index contributed by atoms with van der Waals surface area (Å²) in [5, 5.41) is 18.7. The van der Waals surface area contributed by atoms with E-state index in [0.717, 1.165) is 36.9 Å². The summed E-state index contributed by atoms with van der Waals surface area (Å²) in [6, 6.07) is 8.24. The van der Waals surface area contributed by atoms with Gasteiger partial charge in [0, 0.05) is 13.2 Å². The van der Waals surface area contributed by atoms with Gasteiger partial charge in [0.25, 0.3) is 0 Å². The third-order valence-corrected chi connectivity index (χ3v) is 3.96. The first kappa shape index (κ1) is 12.4. The molecule has 1 aliphatic carbocycles. The number of aryl methyl sites for hydroxylation is 2. The molecule has 1 N–H and O–H groups in total. The molecular weight excluding hydrogens is 238 g/mol. The Balaban J connectivity index is 1.83. The smallest absolute Gasteiger partial charge is 0.0830 e. The first-order valence-corrected chi connectivity index (χ1v) is 6.85. The summed E-state index contributed by atoms with van der Waals surface area (Å²) in [6.07, 6.45) is 5.56. The van der Waals surface area contributed by atoms with E-state index in [2.05, 4.69) is 28.5 Å². The minimum atomic E-state index is -0.388. The second-order valence-corrected chi connectivity index (χ2v) is 5.38. The topological polar surface area (TPSA) is 50.9 Å². The maximum atomic E-state index is 10.6. The molecule has 1 heterocycles. The molecule has 1 aromatic carbocycles. The summed E-state index contributed by atoms with van der Waals surface area (Å²) in [5.74, 6) is 0.236. The van der Waals surface area contributed by atoms with Gasteiger partial charge >= 0.3 is 0 Å². The molecular formula is C15H19N3O. The molecule has 2 aromatic rings. The standard InChI is InChI=1S/C15H19N3O/c1-18-10-13(16-17-18)9-12-7-4-6-11-5-2-3-8-14(11)15(12)19/h2-3,5,8,10,12,15,19H,4,6-7,9H2,1H3. The number of aromatic nitrogens is 3. The van der Waals surface area contributed by atoms with E-state index < -0.39 is 0 Å². The summed E-state index contributed by atoms with van der Waals surface area (Å²) in [7, 11) is 1.87. The van der Waals surface area contributed by atoms with Gasteiger partial charge < -0.3 is 5.11 Å². The van der Waals surface area contributed by atoms with E-state index in [0.29, 0.717) is 0 Å². The molecule has 0 spiro atoms. The first-order chi connectivity index (χ1) is 9.24. The zero-order valence-electron chi connectivity index (χ0n) is 11.2. The van der Waals surface area contributed by atoms with Crippen LogP contribution in [0.1, 0.15) is 35.8 Å². The Morgan fingerprint density at radius 1 is 1.37 bits per heavy atom. The van der Waals surface area contributed by atoms with Crippen LogP contribution in [-0.4, -0.2) is 20.1 Å². The van der Waals surface area contributed by atoms with Gasteiger partial charge in [-0.2, -0.15) is 0 Å². The average molecular weight is 257 g/mol. The van der Waals surface area contributed by atoms with Crippen LogP contribution < -0.4 is 0 Å². The molecule has 0 saturated heterocycles. The summed E-state index contributed by atoms with van der Waals surface area (Å²) in [5.41, 5.74) is 3.34. The van der Waals surface area contributed by atoms with Crippen LogP contribution in [-0.2, 0) is 19.9 Å². The van der Waals surface area contributed by atoms with E-state index in [1.54, 1.807) is 4.68 Å². The molecule has 0 bridgehead atoms. The van der Waals surface area contributed by atoms with Gasteiger partial charge in [-0.15, -0.1) is 5.10 Å². The van der Waals surface area contributed by atoms with Crippen molar-refractivity contribution in [3.63, 3.8) is 0 Å². The van der Waals surface area contributed by atoms with Crippen LogP contribution in [0.25, 0.3) is 0 Å². The largest absolute Gasteiger partial charge is 0.388 e. The summed E-state index contributed by atoms with van der Waals surface area (Å²) in [4.78, 5) is 0. The van der Waals surface area contributed by atoms with Crippen molar-refractivity contribution in [2.45, 2.75) is 31.8 Å². The van der Waals surface area contributed by atoms with Gasteiger partial charge in [0.2, 0.25) is 0 Å². The summed E-state index contributed by atoms with van der Waals surface area (Å²) < 4.78 is 1.71. The Morgan fingerprint density at radius 2 is 2.21 bits per heavy atom. The van der Waals surface area contributed by atoms with Crippen molar-refractivity contribution in [1.82, 2.24) is 15.0 Å². The third kappa shape index (κ3) is 2.54. The Morgan fingerprint density at radius 3 is 3.00 bits per heavy atom. The molecule has 19 heavy (non-hydrogen) atoms. The zero-order chi connectivity index (χ0) is 13.2. The SMILES string of the molecule is Cn1cc(CC2CCCc3ccccc3C2O)nn1. The minimum absolute atomic E-state index is 0.236. The van der Waals surface area contributed by atoms with Crippen LogP contribution in [0.3, 0.4) is 0 Å². The Labute approximate surface area is 113 Å². The fraction of sp³-hybridized carbons (Fsp3) is 0.467. The highest BCUT2D eigenvalue weighted by molar-refractivity contribution is 5.30. The first-order valence-electron chi connectivity index (χ1n) is 6.85. The lowest BCUT2D eigenvalue weighted by molar-refractivity contribution is 0.104. The van der Waals surface area contributed by atoms with Crippen LogP contribution in [0.4, 0.5) is 0 Å². The molecule has 4 heteroatoms. The van der Waals surface area contributed by atoms with Gasteiger partial charge in [0.05, 0.1) is 11.8 Å². The molecule has 100 valence electrons. The number of fused-ring (bicyclic) bond motifs is 1. The summed E-state index contributed by atoms with van der Waals surface area (Å²) in [6.45, 7) is 0. The summed E-state index contributed by atoms with van der Waals surface area (Å²) >= 11 is 0. The second-order valence-electron chi connectivity index (χ2n) is 5.38. The van der Waals surface area contributed by atoms with E-state index in [-0.39, 0.29) is 12.0 Å². The molecule has 2 atom stereocenters. The van der Waals surface area contributed by atoms with Gasteiger partial charge in [0.15, 0.2) is 0 Å². The van der Waals surface area contributed by atoms with Crippen LogP contribution in [0, 0.1) is 5.92 Å². The number of nitrogens with zero attached hydrogens (tertiary/aromatic N) is 3. The molecule has 0 radical (unpaired) electrons. The van der Waals surface area contributed by atoms with Crippen molar-refractivity contribution >= 4 is 0 Å². The fourth-order valence-corrected chi connectivity index (χ4v) is 2.99. The highest BCUT2D eigenvalue weighted by Crippen LogP contribution is 2.34.